The number of hydrazine groups is 1. The van der Waals surface area contributed by atoms with Gasteiger partial charge in [0.05, 0.1) is 12.6 Å². The molecular formula is C22H29N5O. The van der Waals surface area contributed by atoms with Crippen LogP contribution in [0.25, 0.3) is 0 Å². The van der Waals surface area contributed by atoms with E-state index in [2.05, 4.69) is 51.2 Å². The van der Waals surface area contributed by atoms with Gasteiger partial charge in [0.25, 0.3) is 0 Å². The SMILES string of the molecule is Cc1ccccc1CC(=O)NC1CCCN(C2CC(c3ccncc3)NN2)C1. The molecule has 2 aliphatic heterocycles. The fourth-order valence-electron chi connectivity index (χ4n) is 4.26. The van der Waals surface area contributed by atoms with E-state index in [-0.39, 0.29) is 18.1 Å². The van der Waals surface area contributed by atoms with Gasteiger partial charge in [-0.1, -0.05) is 24.3 Å². The second kappa shape index (κ2) is 8.82. The third kappa shape index (κ3) is 4.58. The fraction of sp³-hybridized carbons (Fsp3) is 0.455. The number of aromatic nitrogens is 1. The quantitative estimate of drug-likeness (QED) is 0.742. The van der Waals surface area contributed by atoms with Crippen LogP contribution in [0.2, 0.25) is 0 Å². The predicted octanol–water partition coefficient (Wildman–Crippen LogP) is 2.08. The van der Waals surface area contributed by atoms with Crippen LogP contribution in [0.4, 0.5) is 0 Å². The fourth-order valence-corrected chi connectivity index (χ4v) is 4.26. The van der Waals surface area contributed by atoms with Crippen molar-refractivity contribution >= 4 is 5.91 Å². The Hall–Kier alpha value is -2.28. The number of pyridine rings is 1. The Labute approximate surface area is 166 Å². The van der Waals surface area contributed by atoms with Crippen LogP contribution in [-0.4, -0.2) is 41.1 Å². The molecule has 2 aliphatic rings. The number of likely N-dealkylation sites (tertiary alicyclic amines) is 1. The summed E-state index contributed by atoms with van der Waals surface area (Å²) in [4.78, 5) is 19.1. The van der Waals surface area contributed by atoms with Gasteiger partial charge in [0.15, 0.2) is 0 Å². The van der Waals surface area contributed by atoms with Crippen LogP contribution in [0, 0.1) is 6.92 Å². The average molecular weight is 380 g/mol. The summed E-state index contributed by atoms with van der Waals surface area (Å²) in [5.41, 5.74) is 10.4. The third-order valence-corrected chi connectivity index (χ3v) is 5.86. The summed E-state index contributed by atoms with van der Waals surface area (Å²) in [7, 11) is 0. The summed E-state index contributed by atoms with van der Waals surface area (Å²) >= 11 is 0. The number of hydrogen-bond acceptors (Lipinski definition) is 5. The first-order valence-electron chi connectivity index (χ1n) is 10.2. The van der Waals surface area contributed by atoms with Crippen LogP contribution in [0.5, 0.6) is 0 Å². The van der Waals surface area contributed by atoms with E-state index in [0.717, 1.165) is 37.9 Å². The highest BCUT2D eigenvalue weighted by Gasteiger charge is 2.32. The Balaban J connectivity index is 1.30. The minimum atomic E-state index is 0.119. The smallest absolute Gasteiger partial charge is 0.224 e. The number of aryl methyl sites for hydroxylation is 1. The highest BCUT2D eigenvalue weighted by atomic mass is 16.1. The largest absolute Gasteiger partial charge is 0.352 e. The summed E-state index contributed by atoms with van der Waals surface area (Å²) < 4.78 is 0. The Morgan fingerprint density at radius 1 is 1.21 bits per heavy atom. The number of rotatable bonds is 5. The lowest BCUT2D eigenvalue weighted by molar-refractivity contribution is -0.121. The summed E-state index contributed by atoms with van der Waals surface area (Å²) in [6.45, 7) is 4.01. The maximum atomic E-state index is 12.5. The molecule has 6 heteroatoms. The Kier molecular flexibility index (Phi) is 6.00. The lowest BCUT2D eigenvalue weighted by Crippen LogP contribution is -2.54. The van der Waals surface area contributed by atoms with Crippen molar-refractivity contribution in [3.05, 3.63) is 65.5 Å². The van der Waals surface area contributed by atoms with Crippen molar-refractivity contribution in [2.45, 2.75) is 50.9 Å². The molecule has 3 unspecified atom stereocenters. The molecule has 1 aromatic carbocycles. The maximum absolute atomic E-state index is 12.5. The molecule has 2 saturated heterocycles. The topological polar surface area (TPSA) is 69.3 Å². The average Bonchev–Trinajstić information content (AvgIpc) is 3.21. The van der Waals surface area contributed by atoms with Gasteiger partial charge in [0, 0.05) is 31.0 Å². The Morgan fingerprint density at radius 2 is 2.04 bits per heavy atom. The van der Waals surface area contributed by atoms with E-state index in [1.54, 1.807) is 0 Å². The number of amides is 1. The van der Waals surface area contributed by atoms with Gasteiger partial charge in [0.1, 0.15) is 0 Å². The molecule has 0 radical (unpaired) electrons. The normalized spacial score (nSPS) is 25.5. The highest BCUT2D eigenvalue weighted by Crippen LogP contribution is 2.25. The zero-order valence-corrected chi connectivity index (χ0v) is 16.4. The molecule has 28 heavy (non-hydrogen) atoms. The summed E-state index contributed by atoms with van der Waals surface area (Å²) in [5, 5.41) is 3.25. The first-order valence-corrected chi connectivity index (χ1v) is 10.2. The van der Waals surface area contributed by atoms with Gasteiger partial charge in [-0.25, -0.2) is 10.9 Å². The number of carbonyl (C=O) groups excluding carboxylic acids is 1. The van der Waals surface area contributed by atoms with E-state index >= 15 is 0 Å². The zero-order chi connectivity index (χ0) is 19.3. The molecule has 3 N–H and O–H groups in total. The van der Waals surface area contributed by atoms with Crippen LogP contribution in [0.1, 0.15) is 42.0 Å². The summed E-state index contributed by atoms with van der Waals surface area (Å²) in [6, 6.07) is 12.7. The van der Waals surface area contributed by atoms with Gasteiger partial charge in [-0.2, -0.15) is 0 Å². The molecule has 0 aliphatic carbocycles. The number of nitrogens with zero attached hydrogens (tertiary/aromatic N) is 2. The molecule has 3 atom stereocenters. The van der Waals surface area contributed by atoms with Crippen molar-refractivity contribution in [3.8, 4) is 0 Å². The Morgan fingerprint density at radius 3 is 2.86 bits per heavy atom. The van der Waals surface area contributed by atoms with Crippen molar-refractivity contribution in [1.82, 2.24) is 26.1 Å². The van der Waals surface area contributed by atoms with E-state index in [4.69, 9.17) is 0 Å². The van der Waals surface area contributed by atoms with Crippen LogP contribution in [0.15, 0.2) is 48.8 Å². The van der Waals surface area contributed by atoms with E-state index < -0.39 is 0 Å². The zero-order valence-electron chi connectivity index (χ0n) is 16.4. The summed E-state index contributed by atoms with van der Waals surface area (Å²) in [5.74, 6) is 0.119. The van der Waals surface area contributed by atoms with E-state index in [1.807, 2.05) is 30.6 Å². The second-order valence-corrected chi connectivity index (χ2v) is 7.88. The standard InChI is InChI=1S/C22H29N5O/c1-16-5-2-3-6-18(16)13-22(28)24-19-7-4-12-27(15-19)21-14-20(25-26-21)17-8-10-23-11-9-17/h2-3,5-6,8-11,19-21,25-26H,4,7,12-15H2,1H3,(H,24,28). The van der Waals surface area contributed by atoms with Gasteiger partial charge in [0.2, 0.25) is 5.91 Å². The lowest BCUT2D eigenvalue weighted by atomic mass is 10.0. The number of piperidine rings is 1. The maximum Gasteiger partial charge on any atom is 0.224 e. The van der Waals surface area contributed by atoms with Crippen LogP contribution < -0.4 is 16.2 Å². The molecule has 2 aromatic rings. The van der Waals surface area contributed by atoms with Gasteiger partial charge >= 0.3 is 0 Å². The van der Waals surface area contributed by atoms with Crippen LogP contribution >= 0.6 is 0 Å². The number of hydrogen-bond donors (Lipinski definition) is 3. The van der Waals surface area contributed by atoms with Gasteiger partial charge in [-0.15, -0.1) is 0 Å². The van der Waals surface area contributed by atoms with Crippen molar-refractivity contribution < 1.29 is 4.79 Å². The van der Waals surface area contributed by atoms with Crippen molar-refractivity contribution in [1.29, 1.82) is 0 Å². The van der Waals surface area contributed by atoms with Crippen molar-refractivity contribution in [2.24, 2.45) is 0 Å². The minimum Gasteiger partial charge on any atom is -0.352 e. The number of carbonyl (C=O) groups is 1. The van der Waals surface area contributed by atoms with Gasteiger partial charge in [-0.05, 0) is 61.6 Å². The molecule has 148 valence electrons. The molecule has 0 saturated carbocycles. The van der Waals surface area contributed by atoms with E-state index in [0.29, 0.717) is 12.5 Å². The molecular weight excluding hydrogens is 350 g/mol. The third-order valence-electron chi connectivity index (χ3n) is 5.86. The number of nitrogens with one attached hydrogen (secondary N) is 3. The van der Waals surface area contributed by atoms with E-state index in [1.165, 1.54) is 11.1 Å². The number of benzene rings is 1. The minimum absolute atomic E-state index is 0.119. The van der Waals surface area contributed by atoms with Crippen molar-refractivity contribution in [2.75, 3.05) is 13.1 Å². The first-order chi connectivity index (χ1) is 13.7. The first kappa shape index (κ1) is 19.1. The monoisotopic (exact) mass is 379 g/mol. The Bertz CT molecular complexity index is 797. The molecule has 2 fully saturated rings. The van der Waals surface area contributed by atoms with Gasteiger partial charge < -0.3 is 5.32 Å². The van der Waals surface area contributed by atoms with E-state index in [9.17, 15) is 4.79 Å². The van der Waals surface area contributed by atoms with Crippen LogP contribution in [-0.2, 0) is 11.2 Å². The molecule has 6 nitrogen and oxygen atoms in total. The predicted molar refractivity (Wildman–Crippen MR) is 109 cm³/mol. The molecule has 3 heterocycles. The molecule has 1 aromatic heterocycles. The second-order valence-electron chi connectivity index (χ2n) is 7.88. The van der Waals surface area contributed by atoms with Crippen LogP contribution in [0.3, 0.4) is 0 Å². The van der Waals surface area contributed by atoms with Gasteiger partial charge in [-0.3, -0.25) is 14.7 Å². The molecule has 0 bridgehead atoms. The summed E-state index contributed by atoms with van der Waals surface area (Å²) in [6.07, 6.45) is 7.58. The highest BCUT2D eigenvalue weighted by molar-refractivity contribution is 5.79. The lowest BCUT2D eigenvalue weighted by Gasteiger charge is -2.36. The molecule has 4 rings (SSSR count). The van der Waals surface area contributed by atoms with Crippen molar-refractivity contribution in [3.63, 3.8) is 0 Å². The molecule has 0 spiro atoms. The molecule has 1 amide bonds.